The van der Waals surface area contributed by atoms with Crippen molar-refractivity contribution < 1.29 is 9.47 Å². The molecule has 1 N–H and O–H groups in total. The van der Waals surface area contributed by atoms with E-state index < -0.39 is 0 Å². The first-order valence-corrected chi connectivity index (χ1v) is 9.42. The lowest BCUT2D eigenvalue weighted by Gasteiger charge is -2.30. The molecule has 1 unspecified atom stereocenters. The number of piperidine rings is 1. The minimum Gasteiger partial charge on any atom is -0.490 e. The fraction of sp³-hybridized carbons (Fsp3) is 0.550. The summed E-state index contributed by atoms with van der Waals surface area (Å²) < 4.78 is 11.4. The van der Waals surface area contributed by atoms with Crippen LogP contribution in [0.2, 0.25) is 0 Å². The largest absolute Gasteiger partial charge is 0.490 e. The summed E-state index contributed by atoms with van der Waals surface area (Å²) in [6.45, 7) is 10.9. The quantitative estimate of drug-likeness (QED) is 0.823. The topological polar surface area (TPSA) is 50.4 Å². The zero-order valence-corrected chi connectivity index (χ0v) is 15.5. The highest BCUT2D eigenvalue weighted by atomic mass is 16.5. The van der Waals surface area contributed by atoms with Gasteiger partial charge in [-0.1, -0.05) is 6.92 Å². The van der Waals surface area contributed by atoms with Gasteiger partial charge in [-0.15, -0.1) is 0 Å². The van der Waals surface area contributed by atoms with Crippen molar-refractivity contribution in [3.8, 4) is 22.8 Å². The second kappa shape index (κ2) is 8.39. The maximum absolute atomic E-state index is 5.74. The molecule has 1 aromatic heterocycles. The van der Waals surface area contributed by atoms with Crippen LogP contribution in [-0.4, -0.2) is 47.7 Å². The van der Waals surface area contributed by atoms with E-state index in [9.17, 15) is 0 Å². The molecule has 0 spiro atoms. The van der Waals surface area contributed by atoms with E-state index in [0.717, 1.165) is 41.7 Å². The van der Waals surface area contributed by atoms with E-state index >= 15 is 0 Å². The number of hydrogen-bond donors (Lipinski definition) is 1. The fourth-order valence-electron chi connectivity index (χ4n) is 3.48. The smallest absolute Gasteiger partial charge is 0.161 e. The highest BCUT2D eigenvalue weighted by molar-refractivity contribution is 5.63. The van der Waals surface area contributed by atoms with Crippen LogP contribution in [0.15, 0.2) is 24.4 Å². The van der Waals surface area contributed by atoms with E-state index in [2.05, 4.69) is 27.9 Å². The molecule has 1 aromatic carbocycles. The summed E-state index contributed by atoms with van der Waals surface area (Å²) in [6, 6.07) is 6.07. The maximum atomic E-state index is 5.74. The van der Waals surface area contributed by atoms with Crippen LogP contribution < -0.4 is 9.47 Å². The number of benzene rings is 1. The number of nitrogens with zero attached hydrogens (tertiary/aromatic N) is 2. The van der Waals surface area contributed by atoms with Gasteiger partial charge in [-0.05, 0) is 58.0 Å². The molecule has 0 radical (unpaired) electrons. The van der Waals surface area contributed by atoms with Crippen LogP contribution in [0.3, 0.4) is 0 Å². The number of likely N-dealkylation sites (N-methyl/N-ethyl adjacent to an activating group) is 1. The average Bonchev–Trinajstić information content (AvgIpc) is 3.14. The summed E-state index contributed by atoms with van der Waals surface area (Å²) in [6.07, 6.45) is 4.38. The predicted octanol–water partition coefficient (Wildman–Crippen LogP) is 4.07. The highest BCUT2D eigenvalue weighted by Crippen LogP contribution is 2.33. The van der Waals surface area contributed by atoms with E-state index in [1.54, 1.807) is 0 Å². The zero-order valence-electron chi connectivity index (χ0n) is 15.5. The minimum atomic E-state index is 0.497. The number of rotatable bonds is 7. The van der Waals surface area contributed by atoms with Gasteiger partial charge in [0, 0.05) is 18.0 Å². The van der Waals surface area contributed by atoms with E-state index in [4.69, 9.17) is 9.47 Å². The second-order valence-corrected chi connectivity index (χ2v) is 6.44. The Morgan fingerprint density at radius 2 is 1.96 bits per heavy atom. The van der Waals surface area contributed by atoms with Crippen molar-refractivity contribution in [2.45, 2.75) is 39.5 Å². The van der Waals surface area contributed by atoms with Crippen LogP contribution in [0.4, 0.5) is 0 Å². The second-order valence-electron chi connectivity index (χ2n) is 6.44. The first-order valence-electron chi connectivity index (χ1n) is 9.42. The molecule has 1 aliphatic heterocycles. The third-order valence-corrected chi connectivity index (χ3v) is 4.79. The third-order valence-electron chi connectivity index (χ3n) is 4.79. The fourth-order valence-corrected chi connectivity index (χ4v) is 3.48. The van der Waals surface area contributed by atoms with Crippen molar-refractivity contribution in [3.05, 3.63) is 30.2 Å². The van der Waals surface area contributed by atoms with Gasteiger partial charge in [0.15, 0.2) is 11.5 Å². The summed E-state index contributed by atoms with van der Waals surface area (Å²) in [4.78, 5) is 10.7. The van der Waals surface area contributed by atoms with Crippen LogP contribution in [0.5, 0.6) is 11.5 Å². The van der Waals surface area contributed by atoms with Gasteiger partial charge in [0.25, 0.3) is 0 Å². The molecule has 0 saturated carbocycles. The van der Waals surface area contributed by atoms with Gasteiger partial charge in [0.1, 0.15) is 5.82 Å². The standard InChI is InChI=1S/C20H29N3O2/c1-4-23-11-7-8-16(14-23)20-21-13-17(22-20)15-9-10-18(24-5-2)19(12-15)25-6-3/h9-10,12-13,16H,4-8,11,14H2,1-3H3,(H,21,22). The molecule has 5 nitrogen and oxygen atoms in total. The molecule has 1 aliphatic rings. The summed E-state index contributed by atoms with van der Waals surface area (Å²) in [5, 5.41) is 0. The van der Waals surface area contributed by atoms with Crippen molar-refractivity contribution in [2.24, 2.45) is 0 Å². The van der Waals surface area contributed by atoms with Gasteiger partial charge in [0.05, 0.1) is 25.1 Å². The summed E-state index contributed by atoms with van der Waals surface area (Å²) in [5.41, 5.74) is 2.11. The van der Waals surface area contributed by atoms with Crippen molar-refractivity contribution in [3.63, 3.8) is 0 Å². The molecule has 1 atom stereocenters. The molecule has 0 bridgehead atoms. The van der Waals surface area contributed by atoms with Gasteiger partial charge >= 0.3 is 0 Å². The number of hydrogen-bond acceptors (Lipinski definition) is 4. The first-order chi connectivity index (χ1) is 12.2. The van der Waals surface area contributed by atoms with Gasteiger partial charge < -0.3 is 19.4 Å². The molecular weight excluding hydrogens is 314 g/mol. The minimum absolute atomic E-state index is 0.497. The number of imidazole rings is 1. The van der Waals surface area contributed by atoms with Crippen molar-refractivity contribution in [2.75, 3.05) is 32.8 Å². The number of nitrogens with one attached hydrogen (secondary N) is 1. The van der Waals surface area contributed by atoms with Crippen LogP contribution in [0.25, 0.3) is 11.3 Å². The summed E-state index contributed by atoms with van der Waals surface area (Å²) >= 11 is 0. The molecule has 3 rings (SSSR count). The molecule has 25 heavy (non-hydrogen) atoms. The number of aromatic nitrogens is 2. The zero-order chi connectivity index (χ0) is 17.6. The monoisotopic (exact) mass is 343 g/mol. The van der Waals surface area contributed by atoms with Crippen LogP contribution >= 0.6 is 0 Å². The van der Waals surface area contributed by atoms with Gasteiger partial charge in [0.2, 0.25) is 0 Å². The van der Waals surface area contributed by atoms with Crippen LogP contribution in [-0.2, 0) is 0 Å². The molecule has 136 valence electrons. The predicted molar refractivity (Wildman–Crippen MR) is 100 cm³/mol. The Morgan fingerprint density at radius 3 is 2.72 bits per heavy atom. The van der Waals surface area contributed by atoms with Gasteiger partial charge in [-0.2, -0.15) is 0 Å². The SMILES string of the molecule is CCOc1ccc(-c2cnc(C3CCCN(CC)C3)[nH]2)cc1OCC. The number of aromatic amines is 1. The maximum Gasteiger partial charge on any atom is 0.161 e. The molecule has 1 fully saturated rings. The number of H-pyrrole nitrogens is 1. The Hall–Kier alpha value is -2.01. The van der Waals surface area contributed by atoms with Crippen LogP contribution in [0.1, 0.15) is 45.4 Å². The molecule has 0 amide bonds. The Balaban J connectivity index is 1.80. The lowest BCUT2D eigenvalue weighted by atomic mass is 9.97. The highest BCUT2D eigenvalue weighted by Gasteiger charge is 2.22. The molecule has 1 saturated heterocycles. The lowest BCUT2D eigenvalue weighted by Crippen LogP contribution is -2.34. The Bertz CT molecular complexity index is 683. The normalized spacial score (nSPS) is 18.3. The van der Waals surface area contributed by atoms with Gasteiger partial charge in [-0.25, -0.2) is 4.98 Å². The third kappa shape index (κ3) is 4.15. The average molecular weight is 343 g/mol. The lowest BCUT2D eigenvalue weighted by molar-refractivity contribution is 0.214. The van der Waals surface area contributed by atoms with Crippen molar-refractivity contribution in [1.82, 2.24) is 14.9 Å². The number of ether oxygens (including phenoxy) is 2. The van der Waals surface area contributed by atoms with E-state index in [1.165, 1.54) is 19.4 Å². The molecule has 0 aliphatic carbocycles. The number of likely N-dealkylation sites (tertiary alicyclic amines) is 1. The van der Waals surface area contributed by atoms with Crippen molar-refractivity contribution in [1.29, 1.82) is 0 Å². The van der Waals surface area contributed by atoms with E-state index in [0.29, 0.717) is 19.1 Å². The molecular formula is C20H29N3O2. The Kier molecular flexibility index (Phi) is 5.97. The van der Waals surface area contributed by atoms with Gasteiger partial charge in [-0.3, -0.25) is 0 Å². The Morgan fingerprint density at radius 1 is 1.16 bits per heavy atom. The van der Waals surface area contributed by atoms with E-state index in [-0.39, 0.29) is 0 Å². The van der Waals surface area contributed by atoms with Crippen molar-refractivity contribution >= 4 is 0 Å². The molecule has 2 aromatic rings. The van der Waals surface area contributed by atoms with E-state index in [1.807, 2.05) is 32.2 Å². The summed E-state index contributed by atoms with van der Waals surface area (Å²) in [5.74, 6) is 3.17. The first kappa shape index (κ1) is 17.8. The molecule has 2 heterocycles. The Labute approximate surface area is 150 Å². The molecule has 5 heteroatoms. The van der Waals surface area contributed by atoms with Crippen LogP contribution in [0, 0.1) is 0 Å². The summed E-state index contributed by atoms with van der Waals surface area (Å²) in [7, 11) is 0.